The Hall–Kier alpha value is -1.38. The summed E-state index contributed by atoms with van der Waals surface area (Å²) in [6, 6.07) is 5.05. The van der Waals surface area contributed by atoms with Crippen LogP contribution in [0.15, 0.2) is 18.2 Å². The van der Waals surface area contributed by atoms with Gasteiger partial charge in [0.2, 0.25) is 0 Å². The summed E-state index contributed by atoms with van der Waals surface area (Å²) in [5.74, 6) is 0.139. The van der Waals surface area contributed by atoms with Crippen molar-refractivity contribution in [2.75, 3.05) is 0 Å². The molecule has 15 heavy (non-hydrogen) atoms. The average molecular weight is 208 g/mol. The Balaban J connectivity index is 2.11. The number of benzene rings is 1. The Morgan fingerprint density at radius 1 is 1.47 bits per heavy atom. The molecular formula is C12H13FO2. The fourth-order valence-electron chi connectivity index (χ4n) is 1.77. The van der Waals surface area contributed by atoms with Gasteiger partial charge in [-0.3, -0.25) is 4.79 Å². The third-order valence-corrected chi connectivity index (χ3v) is 2.65. The molecule has 1 atom stereocenters. The third-order valence-electron chi connectivity index (χ3n) is 2.65. The monoisotopic (exact) mass is 208 g/mol. The molecule has 3 heteroatoms. The molecule has 1 fully saturated rings. The first-order valence-electron chi connectivity index (χ1n) is 5.10. The summed E-state index contributed by atoms with van der Waals surface area (Å²) in [4.78, 5) is 11.0. The minimum Gasteiger partial charge on any atom is -0.487 e. The minimum atomic E-state index is -0.322. The number of hydrogen-bond donors (Lipinski definition) is 0. The van der Waals surface area contributed by atoms with Crippen LogP contribution in [0.5, 0.6) is 5.75 Å². The molecule has 1 aromatic carbocycles. The summed E-state index contributed by atoms with van der Waals surface area (Å²) in [5.41, 5.74) is 0.567. The van der Waals surface area contributed by atoms with Gasteiger partial charge >= 0.3 is 0 Å². The Labute approximate surface area is 88.1 Å². The molecule has 0 bridgehead atoms. The van der Waals surface area contributed by atoms with E-state index in [1.165, 1.54) is 0 Å². The molecule has 2 nitrogen and oxygen atoms in total. The minimum absolute atomic E-state index is 0.145. The lowest BCUT2D eigenvalue weighted by Gasteiger charge is -2.13. The molecule has 1 saturated carbocycles. The molecular weight excluding hydrogens is 195 g/mol. The standard InChI is InChI=1S/C12H13FO2/c1-8-3-2-4-11(12(8)13)15-10-6-5-9(14)7-10/h2-4,10H,5-7H2,1H3. The fraction of sp³-hybridized carbons (Fsp3) is 0.417. The third kappa shape index (κ3) is 2.17. The predicted octanol–water partition coefficient (Wildman–Crippen LogP) is 2.63. The summed E-state index contributed by atoms with van der Waals surface area (Å²) in [6.45, 7) is 1.70. The van der Waals surface area contributed by atoms with E-state index in [2.05, 4.69) is 0 Å². The van der Waals surface area contributed by atoms with Crippen LogP contribution in [0.25, 0.3) is 0 Å². The van der Waals surface area contributed by atoms with Gasteiger partial charge in [0.1, 0.15) is 11.9 Å². The summed E-state index contributed by atoms with van der Waals surface area (Å²) in [6.07, 6.45) is 1.52. The van der Waals surface area contributed by atoms with Crippen LogP contribution >= 0.6 is 0 Å². The van der Waals surface area contributed by atoms with Crippen LogP contribution in [-0.2, 0) is 4.79 Å². The Bertz CT molecular complexity index is 387. The molecule has 1 aliphatic carbocycles. The zero-order valence-electron chi connectivity index (χ0n) is 8.63. The lowest BCUT2D eigenvalue weighted by atomic mass is 10.2. The van der Waals surface area contributed by atoms with Crippen LogP contribution in [-0.4, -0.2) is 11.9 Å². The van der Waals surface area contributed by atoms with Gasteiger partial charge in [0, 0.05) is 12.8 Å². The SMILES string of the molecule is Cc1cccc(OC2CCC(=O)C2)c1F. The normalized spacial score (nSPS) is 20.7. The first-order valence-corrected chi connectivity index (χ1v) is 5.10. The van der Waals surface area contributed by atoms with Crippen LogP contribution in [0.4, 0.5) is 4.39 Å². The zero-order chi connectivity index (χ0) is 10.8. The van der Waals surface area contributed by atoms with Crippen molar-refractivity contribution in [2.24, 2.45) is 0 Å². The van der Waals surface area contributed by atoms with Gasteiger partial charge in [0.15, 0.2) is 11.6 Å². The maximum Gasteiger partial charge on any atom is 0.167 e. The molecule has 0 radical (unpaired) electrons. The second-order valence-corrected chi connectivity index (χ2v) is 3.91. The van der Waals surface area contributed by atoms with E-state index in [4.69, 9.17) is 4.74 Å². The highest BCUT2D eigenvalue weighted by atomic mass is 19.1. The molecule has 0 aliphatic heterocycles. The molecule has 0 heterocycles. The fourth-order valence-corrected chi connectivity index (χ4v) is 1.77. The van der Waals surface area contributed by atoms with Crippen molar-refractivity contribution in [1.82, 2.24) is 0 Å². The maximum absolute atomic E-state index is 13.5. The van der Waals surface area contributed by atoms with Gasteiger partial charge in [-0.05, 0) is 25.0 Å². The van der Waals surface area contributed by atoms with Crippen LogP contribution in [0, 0.1) is 12.7 Å². The lowest BCUT2D eigenvalue weighted by Crippen LogP contribution is -2.13. The molecule has 0 saturated heterocycles. The highest BCUT2D eigenvalue weighted by molar-refractivity contribution is 5.81. The van der Waals surface area contributed by atoms with Crippen molar-refractivity contribution in [3.8, 4) is 5.75 Å². The van der Waals surface area contributed by atoms with Crippen molar-refractivity contribution >= 4 is 5.78 Å². The summed E-state index contributed by atoms with van der Waals surface area (Å²) >= 11 is 0. The van der Waals surface area contributed by atoms with E-state index in [0.717, 1.165) is 0 Å². The van der Waals surface area contributed by atoms with Crippen LogP contribution in [0.3, 0.4) is 0 Å². The number of Topliss-reactive ketones (excluding diaryl/α,β-unsaturated/α-hetero) is 1. The summed E-state index contributed by atoms with van der Waals surface area (Å²) in [5, 5.41) is 0. The molecule has 1 aromatic rings. The molecule has 0 spiro atoms. The smallest absolute Gasteiger partial charge is 0.167 e. The maximum atomic E-state index is 13.5. The molecule has 2 rings (SSSR count). The number of halogens is 1. The van der Waals surface area contributed by atoms with Crippen LogP contribution in [0.1, 0.15) is 24.8 Å². The largest absolute Gasteiger partial charge is 0.487 e. The number of hydrogen-bond acceptors (Lipinski definition) is 2. The van der Waals surface area contributed by atoms with E-state index in [1.54, 1.807) is 25.1 Å². The molecule has 1 aliphatic rings. The average Bonchev–Trinajstić information content (AvgIpc) is 2.59. The first kappa shape index (κ1) is 10.1. The quantitative estimate of drug-likeness (QED) is 0.746. The van der Waals surface area contributed by atoms with Gasteiger partial charge in [-0.15, -0.1) is 0 Å². The molecule has 0 aromatic heterocycles. The topological polar surface area (TPSA) is 26.3 Å². The van der Waals surface area contributed by atoms with Gasteiger partial charge in [-0.1, -0.05) is 12.1 Å². The molecule has 80 valence electrons. The second-order valence-electron chi connectivity index (χ2n) is 3.91. The number of carbonyl (C=O) groups is 1. The highest BCUT2D eigenvalue weighted by Gasteiger charge is 2.24. The van der Waals surface area contributed by atoms with Crippen molar-refractivity contribution in [2.45, 2.75) is 32.3 Å². The van der Waals surface area contributed by atoms with Gasteiger partial charge in [0.25, 0.3) is 0 Å². The molecule has 1 unspecified atom stereocenters. The number of ether oxygens (including phenoxy) is 1. The Morgan fingerprint density at radius 2 is 2.27 bits per heavy atom. The zero-order valence-corrected chi connectivity index (χ0v) is 8.63. The number of carbonyl (C=O) groups excluding carboxylic acids is 1. The van der Waals surface area contributed by atoms with Crippen LogP contribution < -0.4 is 4.74 Å². The van der Waals surface area contributed by atoms with Crippen LogP contribution in [0.2, 0.25) is 0 Å². The van der Waals surface area contributed by atoms with E-state index in [-0.39, 0.29) is 23.5 Å². The van der Waals surface area contributed by atoms with E-state index >= 15 is 0 Å². The Morgan fingerprint density at radius 3 is 2.93 bits per heavy atom. The first-order chi connectivity index (χ1) is 7.16. The summed E-state index contributed by atoms with van der Waals surface area (Å²) < 4.78 is 19.0. The Kier molecular flexibility index (Phi) is 2.71. The van der Waals surface area contributed by atoms with Crippen molar-refractivity contribution in [3.05, 3.63) is 29.6 Å². The number of rotatable bonds is 2. The van der Waals surface area contributed by atoms with E-state index < -0.39 is 0 Å². The summed E-state index contributed by atoms with van der Waals surface area (Å²) in [7, 11) is 0. The van der Waals surface area contributed by atoms with Gasteiger partial charge in [-0.25, -0.2) is 4.39 Å². The van der Waals surface area contributed by atoms with E-state index in [1.807, 2.05) is 0 Å². The van der Waals surface area contributed by atoms with Crippen molar-refractivity contribution in [1.29, 1.82) is 0 Å². The van der Waals surface area contributed by atoms with Gasteiger partial charge in [-0.2, -0.15) is 0 Å². The lowest BCUT2D eigenvalue weighted by molar-refractivity contribution is -0.117. The second kappa shape index (κ2) is 4.01. The molecule has 0 N–H and O–H groups in total. The van der Waals surface area contributed by atoms with Crippen molar-refractivity contribution in [3.63, 3.8) is 0 Å². The highest BCUT2D eigenvalue weighted by Crippen LogP contribution is 2.25. The van der Waals surface area contributed by atoms with Gasteiger partial charge < -0.3 is 4.74 Å². The molecule has 0 amide bonds. The van der Waals surface area contributed by atoms with Gasteiger partial charge in [0.05, 0.1) is 0 Å². The van der Waals surface area contributed by atoms with Crippen molar-refractivity contribution < 1.29 is 13.9 Å². The number of aryl methyl sites for hydroxylation is 1. The number of ketones is 1. The van der Waals surface area contributed by atoms with E-state index in [0.29, 0.717) is 24.8 Å². The van der Waals surface area contributed by atoms with E-state index in [9.17, 15) is 9.18 Å². The predicted molar refractivity (Wildman–Crippen MR) is 54.4 cm³/mol.